The summed E-state index contributed by atoms with van der Waals surface area (Å²) < 4.78 is 38.1. The smallest absolute Gasteiger partial charge is 0.312 e. The fraction of sp³-hybridized carbons (Fsp3) is 0.286. The molecular formula is C21H19F3N4OS. The number of aromatic nitrogens is 2. The highest BCUT2D eigenvalue weighted by molar-refractivity contribution is 7.15. The van der Waals surface area contributed by atoms with Crippen molar-refractivity contribution in [2.75, 3.05) is 11.9 Å². The lowest BCUT2D eigenvalue weighted by Gasteiger charge is -2.16. The third-order valence-corrected chi connectivity index (χ3v) is 5.99. The Hall–Kier alpha value is -2.78. The number of fused-ring (bicyclic) bond motifs is 1. The summed E-state index contributed by atoms with van der Waals surface area (Å²) in [5, 5.41) is 6.49. The Kier molecular flexibility index (Phi) is 5.57. The predicted octanol–water partition coefficient (Wildman–Crippen LogP) is 4.35. The Bertz CT molecular complexity index is 1080. The SMILES string of the molecule is Cc1nc(NC(=O)c2ccc3c(n2)CCNC3)sc1Cc1ccc(C(F)(F)F)cc1. The Morgan fingerprint density at radius 3 is 2.67 bits per heavy atom. The molecule has 3 heterocycles. The third kappa shape index (κ3) is 4.52. The predicted molar refractivity (Wildman–Crippen MR) is 109 cm³/mol. The fourth-order valence-corrected chi connectivity index (χ4v) is 4.26. The minimum atomic E-state index is -4.35. The van der Waals surface area contributed by atoms with Gasteiger partial charge in [-0.2, -0.15) is 13.2 Å². The average molecular weight is 432 g/mol. The van der Waals surface area contributed by atoms with E-state index in [1.54, 1.807) is 6.07 Å². The molecule has 0 saturated heterocycles. The van der Waals surface area contributed by atoms with Crippen LogP contribution in [-0.4, -0.2) is 22.4 Å². The molecule has 9 heteroatoms. The van der Waals surface area contributed by atoms with Gasteiger partial charge in [-0.15, -0.1) is 11.3 Å². The number of rotatable bonds is 4. The number of anilines is 1. The average Bonchev–Trinajstić information content (AvgIpc) is 3.06. The number of alkyl halides is 3. The second kappa shape index (κ2) is 8.16. The first-order valence-electron chi connectivity index (χ1n) is 9.43. The van der Waals surface area contributed by atoms with Gasteiger partial charge in [-0.3, -0.25) is 10.1 Å². The number of nitrogens with one attached hydrogen (secondary N) is 2. The van der Waals surface area contributed by atoms with Gasteiger partial charge in [0.1, 0.15) is 5.69 Å². The summed E-state index contributed by atoms with van der Waals surface area (Å²) in [4.78, 5) is 22.3. The second-order valence-electron chi connectivity index (χ2n) is 7.08. The van der Waals surface area contributed by atoms with Gasteiger partial charge in [0, 0.05) is 36.5 Å². The van der Waals surface area contributed by atoms with Gasteiger partial charge < -0.3 is 5.32 Å². The number of hydrogen-bond donors (Lipinski definition) is 2. The van der Waals surface area contributed by atoms with E-state index in [-0.39, 0.29) is 5.91 Å². The Morgan fingerprint density at radius 1 is 1.17 bits per heavy atom. The maximum Gasteiger partial charge on any atom is 0.416 e. The molecule has 4 rings (SSSR count). The molecule has 0 atom stereocenters. The van der Waals surface area contributed by atoms with E-state index in [4.69, 9.17) is 0 Å². The van der Waals surface area contributed by atoms with Gasteiger partial charge in [0.15, 0.2) is 5.13 Å². The van der Waals surface area contributed by atoms with E-state index in [2.05, 4.69) is 20.6 Å². The molecule has 0 radical (unpaired) electrons. The minimum Gasteiger partial charge on any atom is -0.312 e. The summed E-state index contributed by atoms with van der Waals surface area (Å²) in [6.45, 7) is 3.41. The number of halogens is 3. The first-order chi connectivity index (χ1) is 14.3. The van der Waals surface area contributed by atoms with E-state index in [9.17, 15) is 18.0 Å². The summed E-state index contributed by atoms with van der Waals surface area (Å²) >= 11 is 1.31. The van der Waals surface area contributed by atoms with Gasteiger partial charge >= 0.3 is 6.18 Å². The molecule has 2 N–H and O–H groups in total. The molecule has 1 aliphatic rings. The van der Waals surface area contributed by atoms with E-state index in [1.807, 2.05) is 13.0 Å². The fourth-order valence-electron chi connectivity index (χ4n) is 3.27. The third-order valence-electron chi connectivity index (χ3n) is 4.91. The van der Waals surface area contributed by atoms with Crippen LogP contribution in [0.5, 0.6) is 0 Å². The van der Waals surface area contributed by atoms with Gasteiger partial charge in [-0.25, -0.2) is 9.97 Å². The Balaban J connectivity index is 1.45. The highest BCUT2D eigenvalue weighted by atomic mass is 32.1. The van der Waals surface area contributed by atoms with Crippen LogP contribution in [0, 0.1) is 6.92 Å². The van der Waals surface area contributed by atoms with E-state index in [1.165, 1.54) is 23.5 Å². The van der Waals surface area contributed by atoms with Gasteiger partial charge in [0.2, 0.25) is 0 Å². The molecule has 0 spiro atoms. The monoisotopic (exact) mass is 432 g/mol. The van der Waals surface area contributed by atoms with Crippen LogP contribution < -0.4 is 10.6 Å². The number of pyridine rings is 1. The van der Waals surface area contributed by atoms with E-state index in [0.717, 1.165) is 59.0 Å². The molecule has 5 nitrogen and oxygen atoms in total. The van der Waals surface area contributed by atoms with Crippen molar-refractivity contribution in [3.8, 4) is 0 Å². The van der Waals surface area contributed by atoms with Crippen molar-refractivity contribution >= 4 is 22.4 Å². The number of hydrogen-bond acceptors (Lipinski definition) is 5. The van der Waals surface area contributed by atoms with E-state index >= 15 is 0 Å². The molecule has 2 aromatic heterocycles. The number of nitrogens with zero attached hydrogens (tertiary/aromatic N) is 2. The number of carbonyl (C=O) groups is 1. The quantitative estimate of drug-likeness (QED) is 0.643. The van der Waals surface area contributed by atoms with Crippen molar-refractivity contribution in [1.82, 2.24) is 15.3 Å². The molecule has 0 bridgehead atoms. The standard InChI is InChI=1S/C21H19F3N4OS/c1-12-18(10-13-2-5-15(6-3-13)21(22,23)24)30-20(26-12)28-19(29)17-7-4-14-11-25-9-8-16(14)27-17/h2-7,25H,8-11H2,1H3,(H,26,28,29). The lowest BCUT2D eigenvalue weighted by atomic mass is 10.1. The van der Waals surface area contributed by atoms with Crippen molar-refractivity contribution in [2.24, 2.45) is 0 Å². The summed E-state index contributed by atoms with van der Waals surface area (Å²) in [5.41, 5.74) is 3.18. The summed E-state index contributed by atoms with van der Waals surface area (Å²) in [7, 11) is 0. The molecule has 156 valence electrons. The van der Waals surface area contributed by atoms with Crippen LogP contribution in [0.4, 0.5) is 18.3 Å². The number of thiazole rings is 1. The maximum atomic E-state index is 12.7. The van der Waals surface area contributed by atoms with Crippen LogP contribution in [0.25, 0.3) is 0 Å². The highest BCUT2D eigenvalue weighted by Crippen LogP contribution is 2.30. The molecule has 0 fully saturated rings. The van der Waals surface area contributed by atoms with Crippen molar-refractivity contribution in [2.45, 2.75) is 32.5 Å². The first-order valence-corrected chi connectivity index (χ1v) is 10.2. The summed E-state index contributed by atoms with van der Waals surface area (Å²) in [6, 6.07) is 8.69. The van der Waals surface area contributed by atoms with Crippen LogP contribution in [-0.2, 0) is 25.6 Å². The van der Waals surface area contributed by atoms with Crippen LogP contribution in [0.3, 0.4) is 0 Å². The first kappa shape index (κ1) is 20.5. The van der Waals surface area contributed by atoms with Gasteiger partial charge in [-0.05, 0) is 36.2 Å². The summed E-state index contributed by atoms with van der Waals surface area (Å²) in [6.07, 6.45) is -3.12. The highest BCUT2D eigenvalue weighted by Gasteiger charge is 2.30. The molecular weight excluding hydrogens is 413 g/mol. The summed E-state index contributed by atoms with van der Waals surface area (Å²) in [5.74, 6) is -0.328. The van der Waals surface area contributed by atoms with E-state index < -0.39 is 11.7 Å². The molecule has 0 unspecified atom stereocenters. The van der Waals surface area contributed by atoms with Gasteiger partial charge in [0.25, 0.3) is 5.91 Å². The van der Waals surface area contributed by atoms with Crippen molar-refractivity contribution in [1.29, 1.82) is 0 Å². The van der Waals surface area contributed by atoms with Crippen LogP contribution in [0.15, 0.2) is 36.4 Å². The number of benzene rings is 1. The van der Waals surface area contributed by atoms with Crippen LogP contribution >= 0.6 is 11.3 Å². The van der Waals surface area contributed by atoms with Crippen LogP contribution in [0.2, 0.25) is 0 Å². The van der Waals surface area contributed by atoms with Crippen molar-refractivity contribution in [3.63, 3.8) is 0 Å². The largest absolute Gasteiger partial charge is 0.416 e. The van der Waals surface area contributed by atoms with Gasteiger partial charge in [-0.1, -0.05) is 18.2 Å². The lowest BCUT2D eigenvalue weighted by Crippen LogP contribution is -2.25. The number of carbonyl (C=O) groups excluding carboxylic acids is 1. The zero-order valence-electron chi connectivity index (χ0n) is 16.1. The molecule has 30 heavy (non-hydrogen) atoms. The zero-order valence-corrected chi connectivity index (χ0v) is 17.0. The molecule has 0 aliphatic carbocycles. The van der Waals surface area contributed by atoms with E-state index in [0.29, 0.717) is 17.2 Å². The molecule has 0 saturated carbocycles. The Labute approximate surface area is 175 Å². The number of aryl methyl sites for hydroxylation is 1. The molecule has 1 aliphatic heterocycles. The van der Waals surface area contributed by atoms with Gasteiger partial charge in [0.05, 0.1) is 11.3 Å². The molecule has 3 aromatic rings. The minimum absolute atomic E-state index is 0.328. The van der Waals surface area contributed by atoms with Crippen molar-refractivity contribution in [3.05, 3.63) is 75.0 Å². The maximum absolute atomic E-state index is 12.7. The lowest BCUT2D eigenvalue weighted by molar-refractivity contribution is -0.137. The van der Waals surface area contributed by atoms with Crippen molar-refractivity contribution < 1.29 is 18.0 Å². The zero-order chi connectivity index (χ0) is 21.3. The Morgan fingerprint density at radius 2 is 1.93 bits per heavy atom. The second-order valence-corrected chi connectivity index (χ2v) is 8.17. The normalized spacial score (nSPS) is 13.7. The molecule has 1 aromatic carbocycles. The van der Waals surface area contributed by atoms with Crippen LogP contribution in [0.1, 0.15) is 43.4 Å². The topological polar surface area (TPSA) is 66.9 Å². The molecule has 1 amide bonds. The number of amides is 1.